The summed E-state index contributed by atoms with van der Waals surface area (Å²) in [7, 11) is 0. The molecule has 2 N–H and O–H groups in total. The lowest BCUT2D eigenvalue weighted by molar-refractivity contribution is -0.136. The van der Waals surface area contributed by atoms with E-state index < -0.39 is 17.8 Å². The van der Waals surface area contributed by atoms with Gasteiger partial charge in [-0.05, 0) is 18.6 Å². The standard InChI is InChI=1S/C12H13F3N2O/c1-2-3-8-16-11(18)17-10-7-5-4-6-9(10)12(13,14)15/h2,4-7H,1,3,8H2,(H2,16,17,18). The Hall–Kier alpha value is -1.98. The third-order valence-electron chi connectivity index (χ3n) is 2.11. The quantitative estimate of drug-likeness (QED) is 0.630. The van der Waals surface area contributed by atoms with Crippen LogP contribution in [0.3, 0.4) is 0 Å². The fourth-order valence-corrected chi connectivity index (χ4v) is 1.29. The molecule has 6 heteroatoms. The normalized spacial score (nSPS) is 10.8. The van der Waals surface area contributed by atoms with Crippen LogP contribution in [0.1, 0.15) is 12.0 Å². The Morgan fingerprint density at radius 1 is 1.33 bits per heavy atom. The van der Waals surface area contributed by atoms with Gasteiger partial charge in [0.1, 0.15) is 0 Å². The van der Waals surface area contributed by atoms with Gasteiger partial charge in [-0.15, -0.1) is 6.58 Å². The van der Waals surface area contributed by atoms with Crippen LogP contribution in [0.2, 0.25) is 0 Å². The maximum absolute atomic E-state index is 12.6. The first kappa shape index (κ1) is 14.1. The largest absolute Gasteiger partial charge is 0.418 e. The maximum Gasteiger partial charge on any atom is 0.418 e. The molecule has 2 amide bonds. The second-order valence-electron chi connectivity index (χ2n) is 3.50. The van der Waals surface area contributed by atoms with Crippen molar-refractivity contribution in [3.8, 4) is 0 Å². The minimum Gasteiger partial charge on any atom is -0.338 e. The summed E-state index contributed by atoms with van der Waals surface area (Å²) in [6.45, 7) is 3.79. The van der Waals surface area contributed by atoms with Gasteiger partial charge in [0, 0.05) is 6.54 Å². The molecule has 0 aliphatic rings. The van der Waals surface area contributed by atoms with Crippen molar-refractivity contribution in [2.24, 2.45) is 0 Å². The molecule has 0 bridgehead atoms. The van der Waals surface area contributed by atoms with Crippen molar-refractivity contribution in [3.05, 3.63) is 42.5 Å². The molecule has 0 saturated heterocycles. The second-order valence-corrected chi connectivity index (χ2v) is 3.50. The first-order chi connectivity index (χ1) is 8.45. The molecule has 0 fully saturated rings. The number of para-hydroxylation sites is 1. The molecule has 0 unspecified atom stereocenters. The van der Waals surface area contributed by atoms with Gasteiger partial charge in [0.2, 0.25) is 0 Å². The molecule has 0 atom stereocenters. The summed E-state index contributed by atoms with van der Waals surface area (Å²) in [5.41, 5.74) is -1.13. The van der Waals surface area contributed by atoms with E-state index in [0.29, 0.717) is 13.0 Å². The molecule has 0 aliphatic carbocycles. The number of benzene rings is 1. The number of carbonyl (C=O) groups is 1. The highest BCUT2D eigenvalue weighted by Crippen LogP contribution is 2.34. The van der Waals surface area contributed by atoms with Crippen LogP contribution in [-0.2, 0) is 6.18 Å². The zero-order valence-electron chi connectivity index (χ0n) is 9.55. The summed E-state index contributed by atoms with van der Waals surface area (Å²) in [4.78, 5) is 11.3. The Bertz CT molecular complexity index is 430. The summed E-state index contributed by atoms with van der Waals surface area (Å²) in [6, 6.07) is 4.14. The number of halogens is 3. The Kier molecular flexibility index (Phi) is 4.76. The summed E-state index contributed by atoms with van der Waals surface area (Å²) in [5, 5.41) is 4.59. The summed E-state index contributed by atoms with van der Waals surface area (Å²) in [5.74, 6) is 0. The van der Waals surface area contributed by atoms with Gasteiger partial charge in [0.15, 0.2) is 0 Å². The molecule has 98 valence electrons. The van der Waals surface area contributed by atoms with E-state index in [9.17, 15) is 18.0 Å². The van der Waals surface area contributed by atoms with E-state index in [2.05, 4.69) is 17.2 Å². The lowest BCUT2D eigenvalue weighted by Crippen LogP contribution is -2.30. The van der Waals surface area contributed by atoms with Crippen molar-refractivity contribution in [1.82, 2.24) is 5.32 Å². The first-order valence-corrected chi connectivity index (χ1v) is 5.27. The summed E-state index contributed by atoms with van der Waals surface area (Å²) in [6.07, 6.45) is -2.34. The lowest BCUT2D eigenvalue weighted by atomic mass is 10.1. The predicted octanol–water partition coefficient (Wildman–Crippen LogP) is 3.40. The molecular formula is C12H13F3N2O. The zero-order chi connectivity index (χ0) is 13.6. The van der Waals surface area contributed by atoms with Crippen molar-refractivity contribution in [2.75, 3.05) is 11.9 Å². The van der Waals surface area contributed by atoms with E-state index in [1.54, 1.807) is 6.08 Å². The fourth-order valence-electron chi connectivity index (χ4n) is 1.29. The Labute approximate surface area is 103 Å². The lowest BCUT2D eigenvalue weighted by Gasteiger charge is -2.13. The van der Waals surface area contributed by atoms with Gasteiger partial charge >= 0.3 is 12.2 Å². The number of nitrogens with one attached hydrogen (secondary N) is 2. The van der Waals surface area contributed by atoms with Crippen LogP contribution in [0.4, 0.5) is 23.7 Å². The van der Waals surface area contributed by atoms with Crippen LogP contribution in [0.15, 0.2) is 36.9 Å². The molecule has 0 radical (unpaired) electrons. The van der Waals surface area contributed by atoms with Gasteiger partial charge in [-0.2, -0.15) is 13.2 Å². The van der Waals surface area contributed by atoms with Gasteiger partial charge in [0.05, 0.1) is 11.3 Å². The van der Waals surface area contributed by atoms with Gasteiger partial charge < -0.3 is 10.6 Å². The van der Waals surface area contributed by atoms with Crippen molar-refractivity contribution in [2.45, 2.75) is 12.6 Å². The number of hydrogen-bond donors (Lipinski definition) is 2. The molecule has 0 aromatic heterocycles. The SMILES string of the molecule is C=CCCNC(=O)Nc1ccccc1C(F)(F)F. The number of rotatable bonds is 4. The summed E-state index contributed by atoms with van der Waals surface area (Å²) >= 11 is 0. The molecule has 0 heterocycles. The second kappa shape index (κ2) is 6.09. The van der Waals surface area contributed by atoms with Gasteiger partial charge in [-0.1, -0.05) is 18.2 Å². The average Bonchev–Trinajstić information content (AvgIpc) is 2.28. The van der Waals surface area contributed by atoms with Crippen molar-refractivity contribution >= 4 is 11.7 Å². The van der Waals surface area contributed by atoms with E-state index in [1.165, 1.54) is 18.2 Å². The monoisotopic (exact) mass is 258 g/mol. The van der Waals surface area contributed by atoms with Crippen molar-refractivity contribution < 1.29 is 18.0 Å². The number of amides is 2. The Balaban J connectivity index is 2.72. The van der Waals surface area contributed by atoms with Crippen LogP contribution in [0.5, 0.6) is 0 Å². The zero-order valence-corrected chi connectivity index (χ0v) is 9.55. The molecule has 1 aromatic rings. The predicted molar refractivity (Wildman–Crippen MR) is 63.3 cm³/mol. The van der Waals surface area contributed by atoms with Crippen LogP contribution in [-0.4, -0.2) is 12.6 Å². The third kappa shape index (κ3) is 4.12. The van der Waals surface area contributed by atoms with Crippen molar-refractivity contribution in [3.63, 3.8) is 0 Å². The van der Waals surface area contributed by atoms with Crippen LogP contribution in [0.25, 0.3) is 0 Å². The van der Waals surface area contributed by atoms with Crippen LogP contribution >= 0.6 is 0 Å². The smallest absolute Gasteiger partial charge is 0.338 e. The van der Waals surface area contributed by atoms with Gasteiger partial charge in [-0.25, -0.2) is 4.79 Å². The Morgan fingerprint density at radius 2 is 2.00 bits per heavy atom. The van der Waals surface area contributed by atoms with Crippen LogP contribution in [0, 0.1) is 0 Å². The number of carbonyl (C=O) groups excluding carboxylic acids is 1. The molecule has 1 rings (SSSR count). The maximum atomic E-state index is 12.6. The molecule has 0 spiro atoms. The highest BCUT2D eigenvalue weighted by atomic mass is 19.4. The highest BCUT2D eigenvalue weighted by molar-refractivity contribution is 5.90. The van der Waals surface area contributed by atoms with Crippen molar-refractivity contribution in [1.29, 1.82) is 0 Å². The average molecular weight is 258 g/mol. The minimum absolute atomic E-state index is 0.263. The molecule has 1 aromatic carbocycles. The van der Waals surface area contributed by atoms with E-state index in [4.69, 9.17) is 0 Å². The topological polar surface area (TPSA) is 41.1 Å². The third-order valence-corrected chi connectivity index (χ3v) is 2.11. The number of alkyl halides is 3. The van der Waals surface area contributed by atoms with Crippen LogP contribution < -0.4 is 10.6 Å². The van der Waals surface area contributed by atoms with Gasteiger partial charge in [0.25, 0.3) is 0 Å². The molecule has 3 nitrogen and oxygen atoms in total. The number of anilines is 1. The highest BCUT2D eigenvalue weighted by Gasteiger charge is 2.33. The summed E-state index contributed by atoms with van der Waals surface area (Å²) < 4.78 is 37.9. The molecule has 18 heavy (non-hydrogen) atoms. The van der Waals surface area contributed by atoms with E-state index in [1.807, 2.05) is 0 Å². The van der Waals surface area contributed by atoms with E-state index in [0.717, 1.165) is 6.07 Å². The minimum atomic E-state index is -4.50. The number of hydrogen-bond acceptors (Lipinski definition) is 1. The van der Waals surface area contributed by atoms with E-state index in [-0.39, 0.29) is 5.69 Å². The molecule has 0 aliphatic heterocycles. The van der Waals surface area contributed by atoms with E-state index >= 15 is 0 Å². The molecular weight excluding hydrogens is 245 g/mol. The number of urea groups is 1. The van der Waals surface area contributed by atoms with Gasteiger partial charge in [-0.3, -0.25) is 0 Å². The Morgan fingerprint density at radius 3 is 2.61 bits per heavy atom. The molecule has 0 saturated carbocycles. The first-order valence-electron chi connectivity index (χ1n) is 5.27. The fraction of sp³-hybridized carbons (Fsp3) is 0.250.